The van der Waals surface area contributed by atoms with Gasteiger partial charge in [0.05, 0.1) is 11.3 Å². The summed E-state index contributed by atoms with van der Waals surface area (Å²) in [5.41, 5.74) is 2.60. The van der Waals surface area contributed by atoms with Crippen molar-refractivity contribution in [1.82, 2.24) is 9.29 Å². The van der Waals surface area contributed by atoms with Gasteiger partial charge in [-0.2, -0.15) is 0 Å². The summed E-state index contributed by atoms with van der Waals surface area (Å²) in [6.07, 6.45) is 0. The maximum absolute atomic E-state index is 12.1. The van der Waals surface area contributed by atoms with Gasteiger partial charge in [-0.05, 0) is 23.3 Å². The molecule has 3 aromatic rings. The van der Waals surface area contributed by atoms with Crippen molar-refractivity contribution in [1.29, 1.82) is 0 Å². The highest BCUT2D eigenvalue weighted by molar-refractivity contribution is 7.88. The highest BCUT2D eigenvalue weighted by atomic mass is 32.2. The fourth-order valence-electron chi connectivity index (χ4n) is 2.32. The lowest BCUT2D eigenvalue weighted by molar-refractivity contribution is 0.528. The largest absolute Gasteiger partial charge is 0.419 e. The van der Waals surface area contributed by atoms with Crippen molar-refractivity contribution in [2.45, 2.75) is 12.3 Å². The van der Waals surface area contributed by atoms with Crippen LogP contribution in [0.2, 0.25) is 0 Å². The molecular formula is C16H16N2O4S. The van der Waals surface area contributed by atoms with Gasteiger partial charge in [0.15, 0.2) is 5.58 Å². The van der Waals surface area contributed by atoms with Gasteiger partial charge in [0.2, 0.25) is 10.0 Å². The molecule has 6 nitrogen and oxygen atoms in total. The number of nitrogens with one attached hydrogen (secondary N) is 1. The zero-order valence-corrected chi connectivity index (χ0v) is 13.3. The van der Waals surface area contributed by atoms with Gasteiger partial charge >= 0.3 is 5.76 Å². The van der Waals surface area contributed by atoms with Crippen LogP contribution in [0.4, 0.5) is 0 Å². The van der Waals surface area contributed by atoms with Crippen molar-refractivity contribution in [3.05, 3.63) is 70.2 Å². The van der Waals surface area contributed by atoms with Crippen LogP contribution in [0.5, 0.6) is 0 Å². The predicted molar refractivity (Wildman–Crippen MR) is 87.4 cm³/mol. The van der Waals surface area contributed by atoms with Crippen molar-refractivity contribution in [3.8, 4) is 0 Å². The fourth-order valence-corrected chi connectivity index (χ4v) is 3.44. The molecule has 0 atom stereocenters. The summed E-state index contributed by atoms with van der Waals surface area (Å²) in [6, 6.07) is 14.1. The molecule has 0 saturated carbocycles. The quantitative estimate of drug-likeness (QED) is 0.772. The first-order chi connectivity index (χ1) is 10.9. The lowest BCUT2D eigenvalue weighted by Gasteiger charge is -2.07. The Balaban J connectivity index is 1.75. The molecule has 2 aromatic carbocycles. The van der Waals surface area contributed by atoms with Crippen molar-refractivity contribution >= 4 is 21.1 Å². The van der Waals surface area contributed by atoms with E-state index in [4.69, 9.17) is 4.42 Å². The Hall–Kier alpha value is -2.38. The summed E-state index contributed by atoms with van der Waals surface area (Å²) in [7, 11) is -1.82. The minimum absolute atomic E-state index is 0.0692. The van der Waals surface area contributed by atoms with E-state index in [0.29, 0.717) is 11.1 Å². The Morgan fingerprint density at radius 3 is 2.57 bits per heavy atom. The van der Waals surface area contributed by atoms with E-state index in [1.807, 2.05) is 6.07 Å². The minimum atomic E-state index is -3.43. The molecule has 3 rings (SSSR count). The monoisotopic (exact) mass is 332 g/mol. The van der Waals surface area contributed by atoms with E-state index in [1.165, 1.54) is 4.57 Å². The highest BCUT2D eigenvalue weighted by Gasteiger charge is 2.12. The first-order valence-corrected chi connectivity index (χ1v) is 8.69. The number of aromatic nitrogens is 1. The number of aryl methyl sites for hydroxylation is 1. The zero-order valence-electron chi connectivity index (χ0n) is 12.5. The van der Waals surface area contributed by atoms with Crippen LogP contribution in [-0.2, 0) is 29.4 Å². The Bertz CT molecular complexity index is 988. The number of nitrogens with zero attached hydrogens (tertiary/aromatic N) is 1. The molecule has 0 aliphatic heterocycles. The van der Waals surface area contributed by atoms with Crippen molar-refractivity contribution in [2.24, 2.45) is 7.05 Å². The molecule has 0 amide bonds. The summed E-state index contributed by atoms with van der Waals surface area (Å²) in [5.74, 6) is -0.512. The maximum Gasteiger partial charge on any atom is 0.419 e. The van der Waals surface area contributed by atoms with Crippen LogP contribution >= 0.6 is 0 Å². The van der Waals surface area contributed by atoms with E-state index >= 15 is 0 Å². The summed E-state index contributed by atoms with van der Waals surface area (Å²) in [5, 5.41) is 0. The highest BCUT2D eigenvalue weighted by Crippen LogP contribution is 2.14. The Morgan fingerprint density at radius 1 is 1.09 bits per heavy atom. The van der Waals surface area contributed by atoms with Crippen LogP contribution in [0, 0.1) is 0 Å². The molecule has 1 aromatic heterocycles. The SMILES string of the molecule is Cn1c(=O)oc2ccc(CNS(=O)(=O)Cc3ccccc3)cc21. The molecule has 0 unspecified atom stereocenters. The van der Waals surface area contributed by atoms with Crippen LogP contribution in [0.25, 0.3) is 11.1 Å². The van der Waals surface area contributed by atoms with Crippen LogP contribution in [0.1, 0.15) is 11.1 Å². The second kappa shape index (κ2) is 6.02. The molecule has 0 aliphatic rings. The van der Waals surface area contributed by atoms with Gasteiger partial charge < -0.3 is 4.42 Å². The van der Waals surface area contributed by atoms with Gasteiger partial charge in [-0.25, -0.2) is 17.9 Å². The van der Waals surface area contributed by atoms with Gasteiger partial charge in [0, 0.05) is 13.6 Å². The van der Waals surface area contributed by atoms with Gasteiger partial charge in [-0.3, -0.25) is 4.57 Å². The smallest absolute Gasteiger partial charge is 0.408 e. The number of rotatable bonds is 5. The van der Waals surface area contributed by atoms with Crippen molar-refractivity contribution < 1.29 is 12.8 Å². The zero-order chi connectivity index (χ0) is 16.4. The molecular weight excluding hydrogens is 316 g/mol. The Morgan fingerprint density at radius 2 is 1.83 bits per heavy atom. The molecule has 0 fully saturated rings. The third-order valence-corrected chi connectivity index (χ3v) is 4.85. The molecule has 23 heavy (non-hydrogen) atoms. The van der Waals surface area contributed by atoms with Gasteiger partial charge in [-0.1, -0.05) is 36.4 Å². The Labute approximate surface area is 133 Å². The number of oxazole rings is 1. The van der Waals surface area contributed by atoms with Gasteiger partial charge in [0.1, 0.15) is 0 Å². The van der Waals surface area contributed by atoms with E-state index in [0.717, 1.165) is 11.1 Å². The molecule has 0 spiro atoms. The number of sulfonamides is 1. The van der Waals surface area contributed by atoms with Crippen LogP contribution in [0.15, 0.2) is 57.7 Å². The molecule has 1 heterocycles. The average Bonchev–Trinajstić information content (AvgIpc) is 2.81. The lowest BCUT2D eigenvalue weighted by Crippen LogP contribution is -2.24. The molecule has 0 saturated heterocycles. The number of fused-ring (bicyclic) bond motifs is 1. The predicted octanol–water partition coefficient (Wildman–Crippen LogP) is 1.75. The van der Waals surface area contributed by atoms with Gasteiger partial charge in [0.25, 0.3) is 0 Å². The number of benzene rings is 2. The average molecular weight is 332 g/mol. The summed E-state index contributed by atoms with van der Waals surface area (Å²) >= 11 is 0. The van der Waals surface area contributed by atoms with Crippen molar-refractivity contribution in [3.63, 3.8) is 0 Å². The molecule has 1 N–H and O–H groups in total. The molecule has 0 radical (unpaired) electrons. The minimum Gasteiger partial charge on any atom is -0.408 e. The fraction of sp³-hybridized carbons (Fsp3) is 0.188. The van der Waals surface area contributed by atoms with Gasteiger partial charge in [-0.15, -0.1) is 0 Å². The second-order valence-corrected chi connectivity index (χ2v) is 7.10. The molecule has 120 valence electrons. The van der Waals surface area contributed by atoms with Crippen LogP contribution < -0.4 is 10.5 Å². The first kappa shape index (κ1) is 15.5. The first-order valence-electron chi connectivity index (χ1n) is 7.04. The second-order valence-electron chi connectivity index (χ2n) is 5.29. The van der Waals surface area contributed by atoms with Crippen LogP contribution in [0.3, 0.4) is 0 Å². The molecule has 0 bridgehead atoms. The lowest BCUT2D eigenvalue weighted by atomic mass is 10.2. The molecule has 7 heteroatoms. The summed E-state index contributed by atoms with van der Waals surface area (Å²) < 4.78 is 33.2. The summed E-state index contributed by atoms with van der Waals surface area (Å²) in [6.45, 7) is 0.157. The summed E-state index contributed by atoms with van der Waals surface area (Å²) in [4.78, 5) is 11.5. The number of hydrogen-bond acceptors (Lipinski definition) is 4. The standard InChI is InChI=1S/C16H16N2O4S/c1-18-14-9-13(7-8-15(14)22-16(18)19)10-17-23(20,21)11-12-5-3-2-4-6-12/h2-9,17H,10-11H2,1H3. The Kier molecular flexibility index (Phi) is 4.06. The van der Waals surface area contributed by atoms with E-state index in [9.17, 15) is 13.2 Å². The molecule has 0 aliphatic carbocycles. The topological polar surface area (TPSA) is 81.3 Å². The third-order valence-electron chi connectivity index (χ3n) is 3.55. The maximum atomic E-state index is 12.1. The normalized spacial score (nSPS) is 11.9. The van der Waals surface area contributed by atoms with E-state index in [-0.39, 0.29) is 12.3 Å². The van der Waals surface area contributed by atoms with E-state index in [1.54, 1.807) is 49.5 Å². The van der Waals surface area contributed by atoms with E-state index in [2.05, 4.69) is 4.72 Å². The van der Waals surface area contributed by atoms with Crippen molar-refractivity contribution in [2.75, 3.05) is 0 Å². The van der Waals surface area contributed by atoms with Crippen LogP contribution in [-0.4, -0.2) is 13.0 Å². The van der Waals surface area contributed by atoms with E-state index < -0.39 is 15.8 Å². The number of hydrogen-bond donors (Lipinski definition) is 1. The third kappa shape index (κ3) is 3.52.